The standard InChI is InChI=1S/C15H22N2O3/c1-9(2)7-13(14(18)19)17-15(20)16-12-8-10(3)5-6-11(12)4/h5-6,8-9,13H,7H2,1-4H3,(H,18,19)(H2,16,17,20)/t13-/m0/s1. The van der Waals surface area contributed by atoms with Crippen molar-refractivity contribution in [1.29, 1.82) is 0 Å². The van der Waals surface area contributed by atoms with E-state index in [0.29, 0.717) is 12.1 Å². The number of hydrogen-bond acceptors (Lipinski definition) is 2. The van der Waals surface area contributed by atoms with Crippen molar-refractivity contribution >= 4 is 17.7 Å². The molecule has 1 aromatic rings. The zero-order valence-electron chi connectivity index (χ0n) is 12.4. The third-order valence-electron chi connectivity index (χ3n) is 2.95. The average Bonchev–Trinajstić information content (AvgIpc) is 2.32. The molecule has 0 spiro atoms. The van der Waals surface area contributed by atoms with Crippen LogP contribution in [0, 0.1) is 19.8 Å². The molecule has 0 bridgehead atoms. The molecule has 0 fully saturated rings. The van der Waals surface area contributed by atoms with Gasteiger partial charge in [0.2, 0.25) is 0 Å². The molecule has 0 heterocycles. The van der Waals surface area contributed by atoms with Gasteiger partial charge < -0.3 is 15.7 Å². The lowest BCUT2D eigenvalue weighted by atomic mass is 10.0. The Hall–Kier alpha value is -2.04. The molecule has 1 aromatic carbocycles. The summed E-state index contributed by atoms with van der Waals surface area (Å²) in [6.07, 6.45) is 0.398. The normalized spacial score (nSPS) is 12.1. The molecule has 5 nitrogen and oxygen atoms in total. The van der Waals surface area contributed by atoms with Crippen molar-refractivity contribution in [2.45, 2.75) is 40.2 Å². The first-order valence-corrected chi connectivity index (χ1v) is 6.67. The predicted molar refractivity (Wildman–Crippen MR) is 78.9 cm³/mol. The molecule has 0 aliphatic carbocycles. The van der Waals surface area contributed by atoms with Gasteiger partial charge in [-0.2, -0.15) is 0 Å². The van der Waals surface area contributed by atoms with E-state index in [1.54, 1.807) is 0 Å². The maximum Gasteiger partial charge on any atom is 0.326 e. The van der Waals surface area contributed by atoms with E-state index < -0.39 is 18.0 Å². The van der Waals surface area contributed by atoms with E-state index in [2.05, 4.69) is 10.6 Å². The number of aliphatic carboxylic acids is 1. The Balaban J connectivity index is 2.70. The number of carbonyl (C=O) groups excluding carboxylic acids is 1. The minimum atomic E-state index is -1.02. The monoisotopic (exact) mass is 278 g/mol. The van der Waals surface area contributed by atoms with Crippen molar-refractivity contribution in [1.82, 2.24) is 5.32 Å². The van der Waals surface area contributed by atoms with Crippen LogP contribution in [0.2, 0.25) is 0 Å². The van der Waals surface area contributed by atoms with E-state index in [1.807, 2.05) is 45.9 Å². The van der Waals surface area contributed by atoms with Gasteiger partial charge >= 0.3 is 12.0 Å². The first kappa shape index (κ1) is 16.0. The molecule has 5 heteroatoms. The van der Waals surface area contributed by atoms with Crippen molar-refractivity contribution in [3.05, 3.63) is 29.3 Å². The SMILES string of the molecule is Cc1ccc(C)c(NC(=O)N[C@@H](CC(C)C)C(=O)O)c1. The predicted octanol–water partition coefficient (Wildman–Crippen LogP) is 2.92. The zero-order chi connectivity index (χ0) is 15.3. The summed E-state index contributed by atoms with van der Waals surface area (Å²) in [6.45, 7) is 7.65. The van der Waals surface area contributed by atoms with Gasteiger partial charge in [-0.3, -0.25) is 0 Å². The van der Waals surface area contributed by atoms with Gasteiger partial charge in [-0.1, -0.05) is 26.0 Å². The molecular weight excluding hydrogens is 256 g/mol. The van der Waals surface area contributed by atoms with Crippen molar-refractivity contribution in [3.8, 4) is 0 Å². The largest absolute Gasteiger partial charge is 0.480 e. The fourth-order valence-electron chi connectivity index (χ4n) is 1.88. The number of rotatable bonds is 5. The Kier molecular flexibility index (Phi) is 5.55. The number of urea groups is 1. The van der Waals surface area contributed by atoms with Crippen LogP contribution in [0.25, 0.3) is 0 Å². The summed E-state index contributed by atoms with van der Waals surface area (Å²) in [4.78, 5) is 23.0. The van der Waals surface area contributed by atoms with Crippen LogP contribution in [-0.2, 0) is 4.79 Å². The van der Waals surface area contributed by atoms with E-state index >= 15 is 0 Å². The molecule has 2 amide bonds. The summed E-state index contributed by atoms with van der Waals surface area (Å²) >= 11 is 0. The highest BCUT2D eigenvalue weighted by molar-refractivity contribution is 5.92. The third-order valence-corrected chi connectivity index (χ3v) is 2.95. The van der Waals surface area contributed by atoms with Crippen LogP contribution in [0.3, 0.4) is 0 Å². The van der Waals surface area contributed by atoms with E-state index in [0.717, 1.165) is 11.1 Å². The van der Waals surface area contributed by atoms with Crippen molar-refractivity contribution in [2.24, 2.45) is 5.92 Å². The van der Waals surface area contributed by atoms with Gasteiger partial charge in [0.15, 0.2) is 0 Å². The fraction of sp³-hybridized carbons (Fsp3) is 0.467. The molecule has 20 heavy (non-hydrogen) atoms. The van der Waals surface area contributed by atoms with E-state index in [1.165, 1.54) is 0 Å². The minimum Gasteiger partial charge on any atom is -0.480 e. The highest BCUT2D eigenvalue weighted by Crippen LogP contribution is 2.16. The quantitative estimate of drug-likeness (QED) is 0.775. The Labute approximate surface area is 119 Å². The molecular formula is C15H22N2O3. The number of benzene rings is 1. The van der Waals surface area contributed by atoms with Gasteiger partial charge in [-0.15, -0.1) is 0 Å². The van der Waals surface area contributed by atoms with Crippen molar-refractivity contribution in [3.63, 3.8) is 0 Å². The van der Waals surface area contributed by atoms with Crippen LogP contribution in [0.15, 0.2) is 18.2 Å². The Bertz CT molecular complexity index is 498. The Morgan fingerprint density at radius 2 is 1.90 bits per heavy atom. The van der Waals surface area contributed by atoms with Crippen LogP contribution in [-0.4, -0.2) is 23.1 Å². The molecule has 110 valence electrons. The molecule has 1 rings (SSSR count). The molecule has 0 aromatic heterocycles. The molecule has 0 saturated heterocycles. The second-order valence-corrected chi connectivity index (χ2v) is 5.44. The number of aryl methyl sites for hydroxylation is 2. The van der Waals surface area contributed by atoms with Gasteiger partial charge in [0, 0.05) is 5.69 Å². The first-order chi connectivity index (χ1) is 9.29. The lowest BCUT2D eigenvalue weighted by Gasteiger charge is -2.17. The number of carboxylic acids is 1. The lowest BCUT2D eigenvalue weighted by Crippen LogP contribution is -2.43. The topological polar surface area (TPSA) is 78.4 Å². The average molecular weight is 278 g/mol. The summed E-state index contributed by atoms with van der Waals surface area (Å²) in [5, 5.41) is 14.3. The number of carboxylic acid groups (broad SMARTS) is 1. The summed E-state index contributed by atoms with van der Waals surface area (Å²) in [5.74, 6) is -0.827. The van der Waals surface area contributed by atoms with Gasteiger partial charge in [0.1, 0.15) is 6.04 Å². The van der Waals surface area contributed by atoms with E-state index in [9.17, 15) is 9.59 Å². The fourth-order valence-corrected chi connectivity index (χ4v) is 1.88. The summed E-state index contributed by atoms with van der Waals surface area (Å²) in [6, 6.07) is 4.35. The van der Waals surface area contributed by atoms with Gasteiger partial charge in [0.25, 0.3) is 0 Å². The first-order valence-electron chi connectivity index (χ1n) is 6.67. The molecule has 1 atom stereocenters. The minimum absolute atomic E-state index is 0.192. The zero-order valence-corrected chi connectivity index (χ0v) is 12.4. The van der Waals surface area contributed by atoms with Gasteiger partial charge in [-0.25, -0.2) is 9.59 Å². The number of nitrogens with one attached hydrogen (secondary N) is 2. The highest BCUT2D eigenvalue weighted by Gasteiger charge is 2.21. The Morgan fingerprint density at radius 3 is 2.45 bits per heavy atom. The van der Waals surface area contributed by atoms with Crippen molar-refractivity contribution < 1.29 is 14.7 Å². The number of carbonyl (C=O) groups is 2. The molecule has 0 aliphatic heterocycles. The highest BCUT2D eigenvalue weighted by atomic mass is 16.4. The number of amides is 2. The van der Waals surface area contributed by atoms with Crippen molar-refractivity contribution in [2.75, 3.05) is 5.32 Å². The van der Waals surface area contributed by atoms with Gasteiger partial charge in [-0.05, 0) is 43.4 Å². The van der Waals surface area contributed by atoms with E-state index in [4.69, 9.17) is 5.11 Å². The van der Waals surface area contributed by atoms with Crippen LogP contribution in [0.1, 0.15) is 31.4 Å². The lowest BCUT2D eigenvalue weighted by molar-refractivity contribution is -0.139. The van der Waals surface area contributed by atoms with Gasteiger partial charge in [0.05, 0.1) is 0 Å². The maximum absolute atomic E-state index is 11.9. The molecule has 0 unspecified atom stereocenters. The summed E-state index contributed by atoms with van der Waals surface area (Å²) < 4.78 is 0. The molecule has 0 aliphatic rings. The molecule has 0 saturated carbocycles. The smallest absolute Gasteiger partial charge is 0.326 e. The van der Waals surface area contributed by atoms with Crippen LogP contribution in [0.5, 0.6) is 0 Å². The van der Waals surface area contributed by atoms with E-state index in [-0.39, 0.29) is 5.92 Å². The third kappa shape index (κ3) is 4.91. The molecule has 3 N–H and O–H groups in total. The number of anilines is 1. The van der Waals surface area contributed by atoms with Crippen LogP contribution < -0.4 is 10.6 Å². The van der Waals surface area contributed by atoms with Crippen LogP contribution in [0.4, 0.5) is 10.5 Å². The summed E-state index contributed by atoms with van der Waals surface area (Å²) in [7, 11) is 0. The number of hydrogen-bond donors (Lipinski definition) is 3. The maximum atomic E-state index is 11.9. The Morgan fingerprint density at radius 1 is 1.25 bits per heavy atom. The molecule has 0 radical (unpaired) electrons. The second kappa shape index (κ2) is 6.93. The summed E-state index contributed by atoms with van der Waals surface area (Å²) in [5.41, 5.74) is 2.65. The second-order valence-electron chi connectivity index (χ2n) is 5.44. The van der Waals surface area contributed by atoms with Crippen LogP contribution >= 0.6 is 0 Å².